The van der Waals surface area contributed by atoms with Crippen LogP contribution in [0.25, 0.3) is 0 Å². The van der Waals surface area contributed by atoms with E-state index < -0.39 is 0 Å². The standard InChI is InChI=1S/C22H17ClN2O3/c23-15-9-5-4-8-12(15)19-18-13-10-14(20(18)28-24-19)17-16(13)21(26)25(22(17)27)11-6-2-1-3-7-11/h1-9,13-14,16-18,20H,10H2/t13-,14-,16-,17-,18-,20-/m1/s1. The Balaban J connectivity index is 1.38. The van der Waals surface area contributed by atoms with Gasteiger partial charge in [0.25, 0.3) is 0 Å². The van der Waals surface area contributed by atoms with E-state index in [4.69, 9.17) is 16.4 Å². The van der Waals surface area contributed by atoms with Gasteiger partial charge in [0, 0.05) is 22.4 Å². The highest BCUT2D eigenvalue weighted by Crippen LogP contribution is 2.62. The second-order valence-electron chi connectivity index (χ2n) is 8.01. The van der Waals surface area contributed by atoms with Crippen LogP contribution in [-0.2, 0) is 14.4 Å². The molecule has 2 aliphatic heterocycles. The van der Waals surface area contributed by atoms with Crippen LogP contribution in [-0.4, -0.2) is 23.6 Å². The van der Waals surface area contributed by atoms with Crippen molar-refractivity contribution in [1.82, 2.24) is 0 Å². The monoisotopic (exact) mass is 392 g/mol. The van der Waals surface area contributed by atoms with Gasteiger partial charge in [-0.2, -0.15) is 0 Å². The summed E-state index contributed by atoms with van der Waals surface area (Å²) in [6.07, 6.45) is 0.679. The molecule has 4 aliphatic rings. The number of carbonyl (C=O) groups is 2. The lowest BCUT2D eigenvalue weighted by Crippen LogP contribution is -2.41. The third-order valence-corrected chi connectivity index (χ3v) is 7.18. The summed E-state index contributed by atoms with van der Waals surface area (Å²) in [7, 11) is 0. The predicted octanol–water partition coefficient (Wildman–Crippen LogP) is 3.51. The molecule has 2 bridgehead atoms. The van der Waals surface area contributed by atoms with Gasteiger partial charge in [-0.15, -0.1) is 0 Å². The van der Waals surface area contributed by atoms with Gasteiger partial charge in [0.1, 0.15) is 6.10 Å². The Morgan fingerprint density at radius 3 is 2.32 bits per heavy atom. The van der Waals surface area contributed by atoms with E-state index in [-0.39, 0.29) is 47.5 Å². The highest BCUT2D eigenvalue weighted by Gasteiger charge is 2.70. The van der Waals surface area contributed by atoms with Crippen LogP contribution in [0.5, 0.6) is 0 Å². The van der Waals surface area contributed by atoms with Crippen LogP contribution in [0.1, 0.15) is 12.0 Å². The molecule has 2 saturated carbocycles. The summed E-state index contributed by atoms with van der Waals surface area (Å²) < 4.78 is 0. The average Bonchev–Trinajstić information content (AvgIpc) is 3.43. The van der Waals surface area contributed by atoms with Gasteiger partial charge in [-0.25, -0.2) is 0 Å². The molecule has 0 unspecified atom stereocenters. The lowest BCUT2D eigenvalue weighted by molar-refractivity contribution is -0.125. The molecule has 140 valence electrons. The summed E-state index contributed by atoms with van der Waals surface area (Å²) in [4.78, 5) is 33.6. The van der Waals surface area contributed by atoms with Crippen molar-refractivity contribution in [3.63, 3.8) is 0 Å². The molecule has 6 atom stereocenters. The minimum atomic E-state index is -0.306. The number of anilines is 1. The minimum Gasteiger partial charge on any atom is -0.391 e. The Labute approximate surface area is 166 Å². The van der Waals surface area contributed by atoms with Crippen LogP contribution >= 0.6 is 11.6 Å². The van der Waals surface area contributed by atoms with Gasteiger partial charge in [0.2, 0.25) is 11.8 Å². The largest absolute Gasteiger partial charge is 0.391 e. The SMILES string of the molecule is O=C1[C@@H]2[C@H]3C[C@@H]([C@H]4ON=C(c5ccccc5Cl)[C@@H]34)[C@H]2C(=O)N1c1ccccc1. The molecule has 3 fully saturated rings. The van der Waals surface area contributed by atoms with Crippen LogP contribution in [0, 0.1) is 29.6 Å². The highest BCUT2D eigenvalue weighted by molar-refractivity contribution is 6.34. The number of carbonyl (C=O) groups excluding carboxylic acids is 2. The van der Waals surface area contributed by atoms with E-state index in [1.54, 1.807) is 0 Å². The smallest absolute Gasteiger partial charge is 0.238 e. The van der Waals surface area contributed by atoms with Crippen molar-refractivity contribution >= 4 is 34.8 Å². The zero-order valence-electron chi connectivity index (χ0n) is 14.9. The number of hydrogen-bond donors (Lipinski definition) is 0. The third kappa shape index (κ3) is 1.95. The molecular weight excluding hydrogens is 376 g/mol. The van der Waals surface area contributed by atoms with E-state index in [0.717, 1.165) is 17.7 Å². The minimum absolute atomic E-state index is 0.0126. The van der Waals surface area contributed by atoms with Crippen LogP contribution < -0.4 is 4.90 Å². The maximum absolute atomic E-state index is 13.3. The van der Waals surface area contributed by atoms with E-state index in [1.807, 2.05) is 54.6 Å². The van der Waals surface area contributed by atoms with Crippen molar-refractivity contribution in [1.29, 1.82) is 0 Å². The second kappa shape index (κ2) is 5.67. The number of oxime groups is 1. The normalized spacial score (nSPS) is 35.0. The van der Waals surface area contributed by atoms with Crippen LogP contribution in [0.2, 0.25) is 5.02 Å². The van der Waals surface area contributed by atoms with Crippen molar-refractivity contribution < 1.29 is 14.4 Å². The molecule has 28 heavy (non-hydrogen) atoms. The molecule has 2 heterocycles. The molecule has 2 aliphatic carbocycles. The van der Waals surface area contributed by atoms with Gasteiger partial charge >= 0.3 is 0 Å². The number of hydrogen-bond acceptors (Lipinski definition) is 4. The number of amides is 2. The average molecular weight is 393 g/mol. The van der Waals surface area contributed by atoms with Gasteiger partial charge in [0.05, 0.1) is 23.2 Å². The number of rotatable bonds is 2. The summed E-state index contributed by atoms with van der Waals surface area (Å²) in [6.45, 7) is 0. The van der Waals surface area contributed by atoms with Gasteiger partial charge in [-0.1, -0.05) is 53.2 Å². The Kier molecular flexibility index (Phi) is 3.30. The second-order valence-corrected chi connectivity index (χ2v) is 8.42. The number of nitrogens with zero attached hydrogens (tertiary/aromatic N) is 2. The van der Waals surface area contributed by atoms with Crippen LogP contribution in [0.15, 0.2) is 59.8 Å². The molecule has 0 spiro atoms. The van der Waals surface area contributed by atoms with Crippen molar-refractivity contribution in [3.8, 4) is 0 Å². The zero-order chi connectivity index (χ0) is 19.0. The molecule has 0 aromatic heterocycles. The van der Waals surface area contributed by atoms with Crippen molar-refractivity contribution in [3.05, 3.63) is 65.2 Å². The first-order valence-corrected chi connectivity index (χ1v) is 9.96. The van der Waals surface area contributed by atoms with Crippen molar-refractivity contribution in [2.24, 2.45) is 34.7 Å². The Morgan fingerprint density at radius 2 is 1.57 bits per heavy atom. The number of para-hydroxylation sites is 1. The van der Waals surface area contributed by atoms with Crippen LogP contribution in [0.4, 0.5) is 5.69 Å². The maximum Gasteiger partial charge on any atom is 0.238 e. The van der Waals surface area contributed by atoms with E-state index >= 15 is 0 Å². The maximum atomic E-state index is 13.3. The quantitative estimate of drug-likeness (QED) is 0.735. The van der Waals surface area contributed by atoms with Gasteiger partial charge in [0.15, 0.2) is 0 Å². The summed E-state index contributed by atoms with van der Waals surface area (Å²) in [5.41, 5.74) is 2.33. The lowest BCUT2D eigenvalue weighted by Gasteiger charge is -2.30. The number of benzene rings is 2. The molecule has 2 amide bonds. The summed E-state index contributed by atoms with van der Waals surface area (Å²) >= 11 is 6.40. The Bertz CT molecular complexity index is 1040. The summed E-state index contributed by atoms with van der Waals surface area (Å²) in [5, 5.41) is 4.97. The molecule has 2 aromatic carbocycles. The predicted molar refractivity (Wildman–Crippen MR) is 104 cm³/mol. The molecular formula is C22H17ClN2O3. The van der Waals surface area contributed by atoms with Crippen molar-refractivity contribution in [2.75, 3.05) is 4.90 Å². The van der Waals surface area contributed by atoms with Gasteiger partial charge in [-0.3, -0.25) is 14.5 Å². The summed E-state index contributed by atoms with van der Waals surface area (Å²) in [5.74, 6) is -0.692. The van der Waals surface area contributed by atoms with E-state index in [2.05, 4.69) is 5.16 Å². The Morgan fingerprint density at radius 1 is 0.893 bits per heavy atom. The number of imide groups is 1. The molecule has 5 nitrogen and oxygen atoms in total. The van der Waals surface area contributed by atoms with Gasteiger partial charge < -0.3 is 4.84 Å². The summed E-state index contributed by atoms with van der Waals surface area (Å²) in [6, 6.07) is 16.8. The van der Waals surface area contributed by atoms with E-state index in [9.17, 15) is 9.59 Å². The van der Waals surface area contributed by atoms with Crippen molar-refractivity contribution in [2.45, 2.75) is 12.5 Å². The molecule has 0 N–H and O–H groups in total. The molecule has 6 rings (SSSR count). The molecule has 1 saturated heterocycles. The fourth-order valence-electron chi connectivity index (χ4n) is 5.85. The fraction of sp³-hybridized carbons (Fsp3) is 0.318. The third-order valence-electron chi connectivity index (χ3n) is 6.85. The molecule has 6 heteroatoms. The van der Waals surface area contributed by atoms with E-state index in [1.165, 1.54) is 4.90 Å². The molecule has 2 aromatic rings. The first kappa shape index (κ1) is 16.3. The number of halogens is 1. The first-order valence-electron chi connectivity index (χ1n) is 9.58. The highest BCUT2D eigenvalue weighted by atomic mass is 35.5. The first-order chi connectivity index (χ1) is 13.7. The zero-order valence-corrected chi connectivity index (χ0v) is 15.6. The fourth-order valence-corrected chi connectivity index (χ4v) is 6.08. The Hall–Kier alpha value is -2.66. The van der Waals surface area contributed by atoms with Gasteiger partial charge in [-0.05, 0) is 30.5 Å². The van der Waals surface area contributed by atoms with E-state index in [0.29, 0.717) is 10.7 Å². The molecule has 0 radical (unpaired) electrons. The van der Waals surface area contributed by atoms with Crippen LogP contribution in [0.3, 0.4) is 0 Å². The lowest BCUT2D eigenvalue weighted by atomic mass is 9.71. The topological polar surface area (TPSA) is 59.0 Å². The number of fused-ring (bicyclic) bond motifs is 8.